The summed E-state index contributed by atoms with van der Waals surface area (Å²) in [6.45, 7) is 4.14. The van der Waals surface area contributed by atoms with Crippen molar-refractivity contribution in [2.75, 3.05) is 27.7 Å². The fourth-order valence-electron chi connectivity index (χ4n) is 0.938. The number of amides is 2. The summed E-state index contributed by atoms with van der Waals surface area (Å²) in [4.78, 5) is 25.7. The Labute approximate surface area is 85.9 Å². The van der Waals surface area contributed by atoms with E-state index in [2.05, 4.69) is 0 Å². The molecule has 0 rings (SSSR count). The summed E-state index contributed by atoms with van der Waals surface area (Å²) in [7, 11) is 5.03. The van der Waals surface area contributed by atoms with Crippen molar-refractivity contribution in [3.05, 3.63) is 0 Å². The quantitative estimate of drug-likeness (QED) is 0.666. The summed E-state index contributed by atoms with van der Waals surface area (Å²) < 4.78 is 0. The molecule has 4 nitrogen and oxygen atoms in total. The Morgan fingerprint density at radius 3 is 1.93 bits per heavy atom. The molecular weight excluding hydrogens is 180 g/mol. The van der Waals surface area contributed by atoms with Crippen LogP contribution in [0, 0.1) is 5.92 Å². The van der Waals surface area contributed by atoms with Gasteiger partial charge < -0.3 is 9.80 Å². The van der Waals surface area contributed by atoms with Crippen LogP contribution in [0.3, 0.4) is 0 Å². The average molecular weight is 200 g/mol. The van der Waals surface area contributed by atoms with Gasteiger partial charge in [0.15, 0.2) is 0 Å². The van der Waals surface area contributed by atoms with Gasteiger partial charge in [0.2, 0.25) is 11.8 Å². The van der Waals surface area contributed by atoms with E-state index < -0.39 is 0 Å². The largest absolute Gasteiger partial charge is 0.347 e. The molecule has 0 radical (unpaired) electrons. The number of hydrogen-bond donors (Lipinski definition) is 0. The second kappa shape index (κ2) is 5.62. The molecule has 0 heterocycles. The average Bonchev–Trinajstić information content (AvgIpc) is 2.02. The highest BCUT2D eigenvalue weighted by Gasteiger charge is 2.14. The number of likely N-dealkylation sites (N-methyl/N-ethyl adjacent to an activating group) is 2. The summed E-state index contributed by atoms with van der Waals surface area (Å²) in [5.41, 5.74) is 0. The normalized spacial score (nSPS) is 10.1. The van der Waals surface area contributed by atoms with Crippen molar-refractivity contribution in [3.63, 3.8) is 0 Å². The minimum atomic E-state index is -0.0513. The van der Waals surface area contributed by atoms with E-state index in [9.17, 15) is 9.59 Å². The van der Waals surface area contributed by atoms with Gasteiger partial charge >= 0.3 is 0 Å². The van der Waals surface area contributed by atoms with Gasteiger partial charge in [0.25, 0.3) is 0 Å². The highest BCUT2D eigenvalue weighted by Crippen LogP contribution is 2.02. The van der Waals surface area contributed by atoms with Crippen LogP contribution < -0.4 is 0 Å². The van der Waals surface area contributed by atoms with Crippen LogP contribution in [0.1, 0.15) is 20.3 Å². The lowest BCUT2D eigenvalue weighted by Crippen LogP contribution is -2.38. The second-order valence-electron chi connectivity index (χ2n) is 4.14. The van der Waals surface area contributed by atoms with Crippen molar-refractivity contribution < 1.29 is 9.59 Å². The smallest absolute Gasteiger partial charge is 0.241 e. The number of hydrogen-bond acceptors (Lipinski definition) is 2. The molecule has 0 unspecified atom stereocenters. The van der Waals surface area contributed by atoms with E-state index >= 15 is 0 Å². The van der Waals surface area contributed by atoms with E-state index in [1.165, 1.54) is 9.80 Å². The Bertz CT molecular complexity index is 212. The molecule has 0 aliphatic heterocycles. The maximum absolute atomic E-state index is 11.5. The maximum Gasteiger partial charge on any atom is 0.241 e. The fourth-order valence-corrected chi connectivity index (χ4v) is 0.938. The number of carbonyl (C=O) groups is 2. The van der Waals surface area contributed by atoms with Crippen molar-refractivity contribution in [1.29, 1.82) is 0 Å². The first-order valence-corrected chi connectivity index (χ1v) is 4.78. The Kier molecular flexibility index (Phi) is 5.20. The Hall–Kier alpha value is -1.06. The molecule has 0 aliphatic rings. The van der Waals surface area contributed by atoms with Crippen LogP contribution in [0.15, 0.2) is 0 Å². The molecule has 4 heteroatoms. The van der Waals surface area contributed by atoms with Gasteiger partial charge in [0.05, 0.1) is 6.54 Å². The Morgan fingerprint density at radius 2 is 1.57 bits per heavy atom. The third kappa shape index (κ3) is 4.84. The highest BCUT2D eigenvalue weighted by molar-refractivity contribution is 5.84. The van der Waals surface area contributed by atoms with Crippen LogP contribution in [0.2, 0.25) is 0 Å². The molecule has 14 heavy (non-hydrogen) atoms. The third-order valence-electron chi connectivity index (χ3n) is 1.88. The zero-order valence-corrected chi connectivity index (χ0v) is 9.70. The van der Waals surface area contributed by atoms with Gasteiger partial charge in [-0.1, -0.05) is 13.8 Å². The van der Waals surface area contributed by atoms with E-state index in [-0.39, 0.29) is 18.4 Å². The van der Waals surface area contributed by atoms with E-state index in [0.717, 1.165) is 0 Å². The molecule has 0 spiro atoms. The van der Waals surface area contributed by atoms with Gasteiger partial charge in [0, 0.05) is 27.6 Å². The monoisotopic (exact) mass is 200 g/mol. The molecule has 0 bridgehead atoms. The molecule has 82 valence electrons. The standard InChI is InChI=1S/C10H20N2O2/c1-8(2)6-9(13)12(5)7-10(14)11(3)4/h8H,6-7H2,1-5H3. The predicted octanol–water partition coefficient (Wildman–Crippen LogP) is 0.579. The number of nitrogens with zero attached hydrogens (tertiary/aromatic N) is 2. The zero-order chi connectivity index (χ0) is 11.3. The molecule has 0 aromatic carbocycles. The van der Waals surface area contributed by atoms with Gasteiger partial charge in [0.1, 0.15) is 0 Å². The second-order valence-corrected chi connectivity index (χ2v) is 4.14. The van der Waals surface area contributed by atoms with Crippen molar-refractivity contribution in [3.8, 4) is 0 Å². The number of rotatable bonds is 4. The summed E-state index contributed by atoms with van der Waals surface area (Å²) >= 11 is 0. The lowest BCUT2D eigenvalue weighted by atomic mass is 10.1. The highest BCUT2D eigenvalue weighted by atomic mass is 16.2. The zero-order valence-electron chi connectivity index (χ0n) is 9.70. The number of carbonyl (C=O) groups excluding carboxylic acids is 2. The van der Waals surface area contributed by atoms with Gasteiger partial charge in [-0.3, -0.25) is 9.59 Å². The lowest BCUT2D eigenvalue weighted by molar-refractivity contribution is -0.138. The maximum atomic E-state index is 11.5. The molecule has 0 aromatic heterocycles. The summed E-state index contributed by atoms with van der Waals surface area (Å²) in [5.74, 6) is 0.305. The van der Waals surface area contributed by atoms with Crippen molar-refractivity contribution >= 4 is 11.8 Å². The summed E-state index contributed by atoms with van der Waals surface area (Å²) in [6, 6.07) is 0. The molecule has 0 saturated heterocycles. The van der Waals surface area contributed by atoms with Crippen LogP contribution in [-0.4, -0.2) is 49.3 Å². The van der Waals surface area contributed by atoms with Crippen molar-refractivity contribution in [2.24, 2.45) is 5.92 Å². The summed E-state index contributed by atoms with van der Waals surface area (Å²) in [6.07, 6.45) is 0.497. The van der Waals surface area contributed by atoms with Crippen molar-refractivity contribution in [1.82, 2.24) is 9.80 Å². The first-order valence-electron chi connectivity index (χ1n) is 4.78. The first-order chi connectivity index (χ1) is 6.34. The summed E-state index contributed by atoms with van der Waals surface area (Å²) in [5, 5.41) is 0. The van der Waals surface area contributed by atoms with E-state index in [1.54, 1.807) is 21.1 Å². The lowest BCUT2D eigenvalue weighted by Gasteiger charge is -2.19. The molecular formula is C10H20N2O2. The first kappa shape index (κ1) is 12.9. The Balaban J connectivity index is 4.01. The minimum Gasteiger partial charge on any atom is -0.347 e. The molecule has 0 N–H and O–H groups in total. The van der Waals surface area contributed by atoms with E-state index in [0.29, 0.717) is 12.3 Å². The predicted molar refractivity (Wildman–Crippen MR) is 55.8 cm³/mol. The topological polar surface area (TPSA) is 40.6 Å². The van der Waals surface area contributed by atoms with Crippen LogP contribution in [-0.2, 0) is 9.59 Å². The third-order valence-corrected chi connectivity index (χ3v) is 1.88. The molecule has 0 saturated carbocycles. The van der Waals surface area contributed by atoms with Crippen LogP contribution in [0.5, 0.6) is 0 Å². The molecule has 2 amide bonds. The molecule has 0 fully saturated rings. The SMILES string of the molecule is CC(C)CC(=O)N(C)CC(=O)N(C)C. The molecule has 0 aromatic rings. The van der Waals surface area contributed by atoms with E-state index in [4.69, 9.17) is 0 Å². The minimum absolute atomic E-state index is 0.0233. The van der Waals surface area contributed by atoms with Gasteiger partial charge in [-0.05, 0) is 5.92 Å². The van der Waals surface area contributed by atoms with Crippen LogP contribution >= 0.6 is 0 Å². The van der Waals surface area contributed by atoms with E-state index in [1.807, 2.05) is 13.8 Å². The van der Waals surface area contributed by atoms with Crippen molar-refractivity contribution in [2.45, 2.75) is 20.3 Å². The van der Waals surface area contributed by atoms with Crippen LogP contribution in [0.4, 0.5) is 0 Å². The van der Waals surface area contributed by atoms with Gasteiger partial charge in [-0.15, -0.1) is 0 Å². The molecule has 0 atom stereocenters. The van der Waals surface area contributed by atoms with Crippen LogP contribution in [0.25, 0.3) is 0 Å². The Morgan fingerprint density at radius 1 is 1.07 bits per heavy atom. The van der Waals surface area contributed by atoms with Gasteiger partial charge in [-0.2, -0.15) is 0 Å². The van der Waals surface area contributed by atoms with Gasteiger partial charge in [-0.25, -0.2) is 0 Å². The fraction of sp³-hybridized carbons (Fsp3) is 0.800. The molecule has 0 aliphatic carbocycles.